The van der Waals surface area contributed by atoms with Crippen LogP contribution in [0.25, 0.3) is 10.9 Å². The van der Waals surface area contributed by atoms with E-state index in [0.717, 1.165) is 16.5 Å². The monoisotopic (exact) mass is 248 g/mol. The highest BCUT2D eigenvalue weighted by Crippen LogP contribution is 2.24. The minimum atomic E-state index is -1.02. The second kappa shape index (κ2) is 4.80. The number of hydrogen-bond donors (Lipinski definition) is 3. The summed E-state index contributed by atoms with van der Waals surface area (Å²) < 4.78 is 1.71. The molecule has 0 radical (unpaired) electrons. The Bertz CT molecular complexity index is 575. The van der Waals surface area contributed by atoms with Crippen LogP contribution in [0.3, 0.4) is 0 Å². The van der Waals surface area contributed by atoms with Gasteiger partial charge < -0.3 is 20.5 Å². The number of carbonyl (C=O) groups is 1. The van der Waals surface area contributed by atoms with Gasteiger partial charge in [0.2, 0.25) is 0 Å². The van der Waals surface area contributed by atoms with Crippen LogP contribution >= 0.6 is 0 Å². The molecule has 5 heteroatoms. The molecule has 96 valence electrons. The van der Waals surface area contributed by atoms with E-state index in [9.17, 15) is 9.90 Å². The van der Waals surface area contributed by atoms with E-state index < -0.39 is 18.2 Å². The summed E-state index contributed by atoms with van der Waals surface area (Å²) in [5, 5.41) is 19.5. The van der Waals surface area contributed by atoms with Crippen molar-refractivity contribution in [1.82, 2.24) is 4.57 Å². The Labute approximate surface area is 104 Å². The van der Waals surface area contributed by atoms with Crippen LogP contribution in [0.1, 0.15) is 18.7 Å². The minimum absolute atomic E-state index is 0.246. The van der Waals surface area contributed by atoms with E-state index in [0.29, 0.717) is 0 Å². The standard InChI is InChI=1S/C13H16N2O3/c1-8(16)15-7-9(6-11(14)13(17)18)10-4-2-3-5-12(10)15/h2-5,7-8,11,16H,6,14H2,1H3,(H,17,18)/t8?,11-/m0/s1. The molecule has 0 fully saturated rings. The number of aromatic nitrogens is 1. The summed E-state index contributed by atoms with van der Waals surface area (Å²) in [5.74, 6) is -1.02. The van der Waals surface area contributed by atoms with Gasteiger partial charge in [-0.2, -0.15) is 0 Å². The average molecular weight is 248 g/mol. The molecule has 1 aromatic carbocycles. The number of benzene rings is 1. The highest BCUT2D eigenvalue weighted by molar-refractivity contribution is 5.85. The summed E-state index contributed by atoms with van der Waals surface area (Å²) in [6.45, 7) is 1.66. The quantitative estimate of drug-likeness (QED) is 0.756. The predicted octanol–water partition coefficient (Wildman–Crippen LogP) is 1.11. The van der Waals surface area contributed by atoms with Crippen LogP contribution in [0.5, 0.6) is 0 Å². The van der Waals surface area contributed by atoms with Gasteiger partial charge >= 0.3 is 5.97 Å². The van der Waals surface area contributed by atoms with Crippen molar-refractivity contribution < 1.29 is 15.0 Å². The Morgan fingerprint density at radius 1 is 1.44 bits per heavy atom. The lowest BCUT2D eigenvalue weighted by Gasteiger charge is -2.07. The van der Waals surface area contributed by atoms with E-state index in [4.69, 9.17) is 10.8 Å². The van der Waals surface area contributed by atoms with E-state index in [1.807, 2.05) is 24.3 Å². The average Bonchev–Trinajstić information content (AvgIpc) is 2.68. The number of rotatable bonds is 4. The first-order chi connectivity index (χ1) is 8.50. The zero-order valence-corrected chi connectivity index (χ0v) is 10.1. The van der Waals surface area contributed by atoms with Gasteiger partial charge in [0, 0.05) is 18.0 Å². The van der Waals surface area contributed by atoms with Gasteiger partial charge in [0.1, 0.15) is 12.3 Å². The van der Waals surface area contributed by atoms with Crippen molar-refractivity contribution in [3.05, 3.63) is 36.0 Å². The molecule has 0 aliphatic carbocycles. The molecule has 0 spiro atoms. The molecule has 5 nitrogen and oxygen atoms in total. The van der Waals surface area contributed by atoms with Gasteiger partial charge in [-0.3, -0.25) is 4.79 Å². The van der Waals surface area contributed by atoms with Crippen molar-refractivity contribution in [3.63, 3.8) is 0 Å². The lowest BCUT2D eigenvalue weighted by atomic mass is 10.1. The van der Waals surface area contributed by atoms with Crippen molar-refractivity contribution in [3.8, 4) is 0 Å². The number of carboxylic acid groups (broad SMARTS) is 1. The second-order valence-electron chi connectivity index (χ2n) is 4.36. The zero-order valence-electron chi connectivity index (χ0n) is 10.1. The zero-order chi connectivity index (χ0) is 13.3. The predicted molar refractivity (Wildman–Crippen MR) is 68.2 cm³/mol. The van der Waals surface area contributed by atoms with Crippen molar-refractivity contribution in [2.75, 3.05) is 0 Å². The maximum absolute atomic E-state index is 10.8. The summed E-state index contributed by atoms with van der Waals surface area (Å²) in [4.78, 5) is 10.8. The number of hydrogen-bond acceptors (Lipinski definition) is 3. The van der Waals surface area contributed by atoms with Crippen LogP contribution in [-0.4, -0.2) is 26.8 Å². The molecular weight excluding hydrogens is 232 g/mol. The van der Waals surface area contributed by atoms with Gasteiger partial charge in [0.25, 0.3) is 0 Å². The number of nitrogens with two attached hydrogens (primary N) is 1. The fraction of sp³-hybridized carbons (Fsp3) is 0.308. The summed E-state index contributed by atoms with van der Waals surface area (Å²) in [6.07, 6.45) is 1.35. The van der Waals surface area contributed by atoms with Gasteiger partial charge in [-0.1, -0.05) is 18.2 Å². The number of carboxylic acids is 1. The van der Waals surface area contributed by atoms with E-state index in [2.05, 4.69) is 0 Å². The SMILES string of the molecule is CC(O)n1cc(C[C@H](N)C(=O)O)c2ccccc21. The number of para-hydroxylation sites is 1. The molecule has 0 saturated carbocycles. The van der Waals surface area contributed by atoms with Crippen LogP contribution in [0.15, 0.2) is 30.5 Å². The Hall–Kier alpha value is -1.85. The maximum atomic E-state index is 10.8. The Morgan fingerprint density at radius 3 is 2.72 bits per heavy atom. The Balaban J connectivity index is 2.48. The lowest BCUT2D eigenvalue weighted by molar-refractivity contribution is -0.138. The van der Waals surface area contributed by atoms with Gasteiger partial charge in [-0.15, -0.1) is 0 Å². The molecule has 18 heavy (non-hydrogen) atoms. The summed E-state index contributed by atoms with van der Waals surface area (Å²) in [7, 11) is 0. The van der Waals surface area contributed by atoms with Crippen LogP contribution in [0.4, 0.5) is 0 Å². The molecule has 1 heterocycles. The van der Waals surface area contributed by atoms with Crippen LogP contribution in [0, 0.1) is 0 Å². The molecule has 0 aliphatic heterocycles. The lowest BCUT2D eigenvalue weighted by Crippen LogP contribution is -2.32. The highest BCUT2D eigenvalue weighted by Gasteiger charge is 2.17. The third kappa shape index (κ3) is 2.23. The number of fused-ring (bicyclic) bond motifs is 1. The van der Waals surface area contributed by atoms with E-state index >= 15 is 0 Å². The fourth-order valence-electron chi connectivity index (χ4n) is 2.07. The second-order valence-corrected chi connectivity index (χ2v) is 4.36. The van der Waals surface area contributed by atoms with Crippen LogP contribution in [0.2, 0.25) is 0 Å². The number of aliphatic hydroxyl groups excluding tert-OH is 1. The van der Waals surface area contributed by atoms with Crippen molar-refractivity contribution in [1.29, 1.82) is 0 Å². The van der Waals surface area contributed by atoms with Gasteiger partial charge in [0.15, 0.2) is 0 Å². The fourth-order valence-corrected chi connectivity index (χ4v) is 2.07. The Kier molecular flexibility index (Phi) is 3.36. The molecular formula is C13H16N2O3. The molecule has 2 aromatic rings. The molecule has 0 saturated heterocycles. The molecule has 0 aliphatic rings. The molecule has 2 rings (SSSR count). The summed E-state index contributed by atoms with van der Waals surface area (Å²) in [6, 6.07) is 6.61. The molecule has 2 atom stereocenters. The van der Waals surface area contributed by atoms with E-state index in [-0.39, 0.29) is 6.42 Å². The molecule has 1 unspecified atom stereocenters. The smallest absolute Gasteiger partial charge is 0.320 e. The Morgan fingerprint density at radius 2 is 2.11 bits per heavy atom. The van der Waals surface area contributed by atoms with Crippen molar-refractivity contribution in [2.24, 2.45) is 5.73 Å². The minimum Gasteiger partial charge on any atom is -0.480 e. The van der Waals surface area contributed by atoms with Gasteiger partial charge in [-0.25, -0.2) is 0 Å². The first-order valence-electron chi connectivity index (χ1n) is 5.75. The highest BCUT2D eigenvalue weighted by atomic mass is 16.4. The summed E-state index contributed by atoms with van der Waals surface area (Å²) >= 11 is 0. The molecule has 1 aromatic heterocycles. The third-order valence-electron chi connectivity index (χ3n) is 2.98. The topological polar surface area (TPSA) is 88.5 Å². The van der Waals surface area contributed by atoms with Gasteiger partial charge in [0.05, 0.1) is 5.52 Å². The van der Waals surface area contributed by atoms with E-state index in [1.165, 1.54) is 0 Å². The largest absolute Gasteiger partial charge is 0.480 e. The normalized spacial score (nSPS) is 14.6. The first-order valence-corrected chi connectivity index (χ1v) is 5.75. The first kappa shape index (κ1) is 12.6. The van der Waals surface area contributed by atoms with Crippen molar-refractivity contribution >= 4 is 16.9 Å². The molecule has 0 bridgehead atoms. The number of aliphatic hydroxyl groups is 1. The number of nitrogens with zero attached hydrogens (tertiary/aromatic N) is 1. The van der Waals surface area contributed by atoms with Crippen molar-refractivity contribution in [2.45, 2.75) is 25.6 Å². The van der Waals surface area contributed by atoms with Gasteiger partial charge in [-0.05, 0) is 18.6 Å². The van der Waals surface area contributed by atoms with Crippen LogP contribution < -0.4 is 5.73 Å². The number of aliphatic carboxylic acids is 1. The molecule has 4 N–H and O–H groups in total. The van der Waals surface area contributed by atoms with E-state index in [1.54, 1.807) is 17.7 Å². The summed E-state index contributed by atoms with van der Waals surface area (Å²) in [5.41, 5.74) is 7.26. The van der Waals surface area contributed by atoms with Crippen LogP contribution in [-0.2, 0) is 11.2 Å². The molecule has 0 amide bonds. The maximum Gasteiger partial charge on any atom is 0.320 e. The third-order valence-corrected chi connectivity index (χ3v) is 2.98.